The van der Waals surface area contributed by atoms with Crippen molar-refractivity contribution in [3.05, 3.63) is 28.7 Å². The fourth-order valence-corrected chi connectivity index (χ4v) is 1.28. The average Bonchev–Trinajstić information content (AvgIpc) is 2.06. The van der Waals surface area contributed by atoms with Crippen molar-refractivity contribution in [3.8, 4) is 0 Å². The van der Waals surface area contributed by atoms with E-state index in [-0.39, 0.29) is 0 Å². The van der Waals surface area contributed by atoms with Crippen molar-refractivity contribution in [1.82, 2.24) is 0 Å². The molecule has 0 spiro atoms. The molecule has 12 heavy (non-hydrogen) atoms. The van der Waals surface area contributed by atoms with E-state index >= 15 is 0 Å². The maximum atomic E-state index is 5.45. The largest absolute Gasteiger partial charge is 0.373 e. The Morgan fingerprint density at radius 1 is 1.33 bits per heavy atom. The molecule has 66 valence electrons. The monoisotopic (exact) mass is 228 g/mol. The number of nitrogens with zero attached hydrogens (tertiary/aromatic N) is 1. The second-order valence-electron chi connectivity index (χ2n) is 2.69. The van der Waals surface area contributed by atoms with Crippen molar-refractivity contribution in [1.29, 1.82) is 0 Å². The van der Waals surface area contributed by atoms with Crippen LogP contribution in [-0.4, -0.2) is 20.1 Å². The topological polar surface area (TPSA) is 29.3 Å². The second-order valence-corrected chi connectivity index (χ2v) is 3.60. The van der Waals surface area contributed by atoms with Crippen LogP contribution in [0.2, 0.25) is 0 Å². The van der Waals surface area contributed by atoms with Crippen LogP contribution in [0.4, 0.5) is 5.69 Å². The third-order valence-corrected chi connectivity index (χ3v) is 2.26. The molecule has 2 N–H and O–H groups in total. The number of benzene rings is 1. The Hall–Kier alpha value is -0.540. The van der Waals surface area contributed by atoms with Gasteiger partial charge in [0.15, 0.2) is 0 Å². The third kappa shape index (κ3) is 2.50. The predicted octanol–water partition coefficient (Wildman–Crippen LogP) is 1.84. The van der Waals surface area contributed by atoms with Crippen LogP contribution in [0.15, 0.2) is 28.7 Å². The summed E-state index contributed by atoms with van der Waals surface area (Å²) in [5.41, 5.74) is 6.64. The quantitative estimate of drug-likeness (QED) is 0.856. The highest BCUT2D eigenvalue weighted by Crippen LogP contribution is 2.16. The van der Waals surface area contributed by atoms with E-state index in [9.17, 15) is 0 Å². The second kappa shape index (κ2) is 4.48. The number of likely N-dealkylation sites (N-methyl/N-ethyl adjacent to an activating group) is 1. The summed E-state index contributed by atoms with van der Waals surface area (Å²) in [6.45, 7) is 1.58. The number of hydrogen-bond donors (Lipinski definition) is 1. The molecule has 2 nitrogen and oxygen atoms in total. The van der Waals surface area contributed by atoms with Crippen molar-refractivity contribution < 1.29 is 0 Å². The molecule has 0 aromatic heterocycles. The van der Waals surface area contributed by atoms with Gasteiger partial charge in [0.2, 0.25) is 0 Å². The molecule has 3 heteroatoms. The Morgan fingerprint density at radius 2 is 1.92 bits per heavy atom. The Labute approximate surface area is 81.5 Å². The first-order valence-corrected chi connectivity index (χ1v) is 4.70. The highest BCUT2D eigenvalue weighted by molar-refractivity contribution is 9.10. The molecule has 0 bridgehead atoms. The van der Waals surface area contributed by atoms with Crippen LogP contribution < -0.4 is 10.6 Å². The summed E-state index contributed by atoms with van der Waals surface area (Å²) in [6.07, 6.45) is 0. The van der Waals surface area contributed by atoms with Crippen LogP contribution in [0.1, 0.15) is 0 Å². The Kier molecular flexibility index (Phi) is 3.56. The van der Waals surface area contributed by atoms with Gasteiger partial charge in [0.25, 0.3) is 0 Å². The minimum Gasteiger partial charge on any atom is -0.373 e. The first kappa shape index (κ1) is 9.55. The molecule has 0 amide bonds. The van der Waals surface area contributed by atoms with Crippen LogP contribution in [0.25, 0.3) is 0 Å². The molecule has 0 unspecified atom stereocenters. The molecule has 0 atom stereocenters. The highest BCUT2D eigenvalue weighted by Gasteiger charge is 1.97. The van der Waals surface area contributed by atoms with Gasteiger partial charge in [-0.2, -0.15) is 0 Å². The number of hydrogen-bond acceptors (Lipinski definition) is 2. The van der Waals surface area contributed by atoms with Gasteiger partial charge < -0.3 is 10.6 Å². The van der Waals surface area contributed by atoms with Gasteiger partial charge >= 0.3 is 0 Å². The summed E-state index contributed by atoms with van der Waals surface area (Å²) in [6, 6.07) is 8.20. The van der Waals surface area contributed by atoms with E-state index in [1.165, 1.54) is 5.69 Å². The lowest BCUT2D eigenvalue weighted by Crippen LogP contribution is -2.24. The summed E-state index contributed by atoms with van der Waals surface area (Å²) in [5.74, 6) is 0. The lowest BCUT2D eigenvalue weighted by Gasteiger charge is -2.17. The highest BCUT2D eigenvalue weighted by atomic mass is 79.9. The lowest BCUT2D eigenvalue weighted by atomic mass is 10.3. The fraction of sp³-hybridized carbons (Fsp3) is 0.333. The predicted molar refractivity (Wildman–Crippen MR) is 56.5 cm³/mol. The normalized spacial score (nSPS) is 9.92. The summed E-state index contributed by atoms with van der Waals surface area (Å²) in [7, 11) is 2.04. The Bertz CT molecular complexity index is 233. The number of anilines is 1. The SMILES string of the molecule is CN(CCN)c1ccc(Br)cc1. The van der Waals surface area contributed by atoms with Crippen LogP contribution in [-0.2, 0) is 0 Å². The lowest BCUT2D eigenvalue weighted by molar-refractivity contribution is 0.886. The minimum atomic E-state index is 0.687. The molecule has 0 fully saturated rings. The molecule has 0 saturated heterocycles. The Morgan fingerprint density at radius 3 is 2.42 bits per heavy atom. The molecule has 0 radical (unpaired) electrons. The van der Waals surface area contributed by atoms with E-state index in [0.717, 1.165) is 11.0 Å². The summed E-state index contributed by atoms with van der Waals surface area (Å²) >= 11 is 3.39. The van der Waals surface area contributed by atoms with E-state index in [2.05, 4.69) is 33.0 Å². The maximum absolute atomic E-state index is 5.45. The van der Waals surface area contributed by atoms with Crippen molar-refractivity contribution >= 4 is 21.6 Å². The van der Waals surface area contributed by atoms with Gasteiger partial charge in [0.1, 0.15) is 0 Å². The van der Waals surface area contributed by atoms with Gasteiger partial charge in [0.05, 0.1) is 0 Å². The van der Waals surface area contributed by atoms with Gasteiger partial charge in [-0.25, -0.2) is 0 Å². The number of rotatable bonds is 3. The molecule has 0 heterocycles. The minimum absolute atomic E-state index is 0.687. The van der Waals surface area contributed by atoms with Crippen molar-refractivity contribution in [2.45, 2.75) is 0 Å². The summed E-state index contributed by atoms with van der Waals surface area (Å²) < 4.78 is 1.10. The van der Waals surface area contributed by atoms with Crippen molar-refractivity contribution in [2.75, 3.05) is 25.0 Å². The average molecular weight is 229 g/mol. The maximum Gasteiger partial charge on any atom is 0.0364 e. The van der Waals surface area contributed by atoms with E-state index in [1.54, 1.807) is 0 Å². The number of nitrogens with two attached hydrogens (primary N) is 1. The fourth-order valence-electron chi connectivity index (χ4n) is 1.02. The molecule has 1 rings (SSSR count). The van der Waals surface area contributed by atoms with Gasteiger partial charge in [-0.05, 0) is 24.3 Å². The third-order valence-electron chi connectivity index (χ3n) is 1.73. The first-order valence-electron chi connectivity index (χ1n) is 3.91. The van der Waals surface area contributed by atoms with E-state index in [4.69, 9.17) is 5.73 Å². The standard InChI is InChI=1S/C9H13BrN2/c1-12(7-6-11)9-4-2-8(10)3-5-9/h2-5H,6-7,11H2,1H3. The van der Waals surface area contributed by atoms with Gasteiger partial charge in [0, 0.05) is 30.3 Å². The van der Waals surface area contributed by atoms with Crippen LogP contribution in [0.3, 0.4) is 0 Å². The van der Waals surface area contributed by atoms with Gasteiger partial charge in [-0.3, -0.25) is 0 Å². The van der Waals surface area contributed by atoms with E-state index in [1.807, 2.05) is 19.2 Å². The zero-order valence-corrected chi connectivity index (χ0v) is 8.71. The molecule has 0 aliphatic rings. The molecule has 0 aliphatic carbocycles. The molecule has 0 aliphatic heterocycles. The number of halogens is 1. The zero-order chi connectivity index (χ0) is 8.97. The molecular formula is C9H13BrN2. The van der Waals surface area contributed by atoms with Crippen LogP contribution in [0, 0.1) is 0 Å². The molecule has 0 saturated carbocycles. The van der Waals surface area contributed by atoms with Crippen LogP contribution >= 0.6 is 15.9 Å². The first-order chi connectivity index (χ1) is 5.74. The van der Waals surface area contributed by atoms with Gasteiger partial charge in [-0.15, -0.1) is 0 Å². The smallest absolute Gasteiger partial charge is 0.0364 e. The van der Waals surface area contributed by atoms with Gasteiger partial charge in [-0.1, -0.05) is 15.9 Å². The molecule has 1 aromatic carbocycles. The zero-order valence-electron chi connectivity index (χ0n) is 7.13. The van der Waals surface area contributed by atoms with E-state index < -0.39 is 0 Å². The summed E-state index contributed by atoms with van der Waals surface area (Å²) in [5, 5.41) is 0. The van der Waals surface area contributed by atoms with Crippen molar-refractivity contribution in [3.63, 3.8) is 0 Å². The Balaban J connectivity index is 2.68. The van der Waals surface area contributed by atoms with Crippen molar-refractivity contribution in [2.24, 2.45) is 5.73 Å². The molecular weight excluding hydrogens is 216 g/mol. The van der Waals surface area contributed by atoms with Crippen LogP contribution in [0.5, 0.6) is 0 Å². The summed E-state index contributed by atoms with van der Waals surface area (Å²) in [4.78, 5) is 2.13. The molecule has 1 aromatic rings. The van der Waals surface area contributed by atoms with E-state index in [0.29, 0.717) is 6.54 Å².